The van der Waals surface area contributed by atoms with Crippen molar-refractivity contribution in [3.8, 4) is 47.4 Å². The largest absolute Gasteiger partial charge is 0.0622 e. The molecule has 0 unspecified atom stereocenters. The maximum atomic E-state index is 3.50. The molecule has 8 aromatic carbocycles. The van der Waals surface area contributed by atoms with Crippen molar-refractivity contribution in [2.75, 3.05) is 0 Å². The van der Waals surface area contributed by atoms with Crippen LogP contribution in [0.4, 0.5) is 0 Å². The average molecular weight is 603 g/mol. The molecule has 48 heavy (non-hydrogen) atoms. The highest BCUT2D eigenvalue weighted by atomic mass is 14.2. The first kappa shape index (κ1) is 28.5. The van der Waals surface area contributed by atoms with Crippen molar-refractivity contribution in [2.24, 2.45) is 0 Å². The van der Waals surface area contributed by atoms with Gasteiger partial charge in [0.05, 0.1) is 0 Å². The molecule has 0 aliphatic rings. The van der Waals surface area contributed by atoms with E-state index in [2.05, 4.69) is 83.8 Å². The van der Waals surface area contributed by atoms with E-state index in [1.54, 1.807) is 0 Å². The Morgan fingerprint density at radius 2 is 0.458 bits per heavy atom. The zero-order valence-electron chi connectivity index (χ0n) is 26.0. The zero-order chi connectivity index (χ0) is 32.1. The summed E-state index contributed by atoms with van der Waals surface area (Å²) in [5.74, 6) is 27.6. The molecule has 0 nitrogen and oxygen atoms in total. The van der Waals surface area contributed by atoms with Crippen molar-refractivity contribution in [1.82, 2.24) is 0 Å². The van der Waals surface area contributed by atoms with Gasteiger partial charge < -0.3 is 0 Å². The lowest BCUT2D eigenvalue weighted by molar-refractivity contribution is 1.62. The molecule has 0 spiro atoms. The maximum absolute atomic E-state index is 3.50. The van der Waals surface area contributed by atoms with E-state index >= 15 is 0 Å². The first-order valence-electron chi connectivity index (χ1n) is 15.9. The van der Waals surface area contributed by atoms with Crippen LogP contribution in [-0.2, 0) is 0 Å². The lowest BCUT2D eigenvalue weighted by Gasteiger charge is -2.16. The Morgan fingerprint density at radius 1 is 0.229 bits per heavy atom. The van der Waals surface area contributed by atoms with E-state index < -0.39 is 0 Å². The Balaban J connectivity index is 1.44. The monoisotopic (exact) mass is 602 g/mol. The minimum atomic E-state index is 0.941. The molecule has 8 aromatic rings. The van der Waals surface area contributed by atoms with Crippen LogP contribution in [-0.4, -0.2) is 0 Å². The van der Waals surface area contributed by atoms with Gasteiger partial charge in [-0.25, -0.2) is 0 Å². The summed E-state index contributed by atoms with van der Waals surface area (Å²) in [5.41, 5.74) is 7.64. The van der Waals surface area contributed by atoms with Crippen molar-refractivity contribution in [2.45, 2.75) is 0 Å². The van der Waals surface area contributed by atoms with Gasteiger partial charge in [-0.1, -0.05) is 144 Å². The fraction of sp³-hybridized carbons (Fsp3) is 0. The molecule has 0 bridgehead atoms. The van der Waals surface area contributed by atoms with Crippen LogP contribution in [0.25, 0.3) is 32.3 Å². The summed E-state index contributed by atoms with van der Waals surface area (Å²) in [6.07, 6.45) is 0. The molecule has 8 rings (SSSR count). The summed E-state index contributed by atoms with van der Waals surface area (Å²) in [6.45, 7) is 0. The summed E-state index contributed by atoms with van der Waals surface area (Å²) < 4.78 is 0. The van der Waals surface area contributed by atoms with E-state index in [9.17, 15) is 0 Å². The van der Waals surface area contributed by atoms with Crippen molar-refractivity contribution >= 4 is 32.3 Å². The molecule has 0 fully saturated rings. The average Bonchev–Trinajstić information content (AvgIpc) is 3.16. The summed E-state index contributed by atoms with van der Waals surface area (Å²) in [6, 6.07) is 53.5. The quantitative estimate of drug-likeness (QED) is 0.120. The Bertz CT molecular complexity index is 2320. The Labute approximate surface area is 281 Å². The molecule has 0 radical (unpaired) electrons. The topological polar surface area (TPSA) is 0 Å². The van der Waals surface area contributed by atoms with Crippen LogP contribution in [0.3, 0.4) is 0 Å². The van der Waals surface area contributed by atoms with Gasteiger partial charge in [-0.15, -0.1) is 0 Å². The van der Waals surface area contributed by atoms with Gasteiger partial charge in [0, 0.05) is 44.5 Å². The van der Waals surface area contributed by atoms with Crippen LogP contribution in [0, 0.1) is 47.4 Å². The van der Waals surface area contributed by atoms with Gasteiger partial charge >= 0.3 is 0 Å². The fourth-order valence-corrected chi connectivity index (χ4v) is 6.05. The third kappa shape index (κ3) is 5.76. The fourth-order valence-electron chi connectivity index (χ4n) is 6.05. The van der Waals surface area contributed by atoms with Crippen LogP contribution < -0.4 is 0 Å². The smallest absolute Gasteiger partial charge is 0.0340 e. The minimum absolute atomic E-state index is 0.941. The highest BCUT2D eigenvalue weighted by Gasteiger charge is 2.17. The van der Waals surface area contributed by atoms with Crippen molar-refractivity contribution in [3.05, 3.63) is 202 Å². The van der Waals surface area contributed by atoms with Crippen molar-refractivity contribution < 1.29 is 0 Å². The predicted molar refractivity (Wildman–Crippen MR) is 200 cm³/mol. The lowest BCUT2D eigenvalue weighted by Crippen LogP contribution is -1.94. The van der Waals surface area contributed by atoms with E-state index in [1.165, 1.54) is 0 Å². The van der Waals surface area contributed by atoms with Crippen LogP contribution in [0.1, 0.15) is 44.5 Å². The van der Waals surface area contributed by atoms with E-state index in [-0.39, 0.29) is 0 Å². The first-order chi connectivity index (χ1) is 23.8. The number of hydrogen-bond acceptors (Lipinski definition) is 0. The third-order valence-corrected chi connectivity index (χ3v) is 8.36. The number of hydrogen-bond donors (Lipinski definition) is 0. The third-order valence-electron chi connectivity index (χ3n) is 8.36. The maximum Gasteiger partial charge on any atom is 0.0340 e. The highest BCUT2D eigenvalue weighted by molar-refractivity contribution is 6.26. The van der Waals surface area contributed by atoms with Gasteiger partial charge in [0.25, 0.3) is 0 Å². The molecule has 0 heteroatoms. The SMILES string of the molecule is C(#Cc1cc(C#Cc2ccccc2)c2ccc3c(C#Cc4ccccc4)cc(C#Cc4ccccc4)c4ccc1c2c43)c1ccccc1. The molecule has 0 heterocycles. The van der Waals surface area contributed by atoms with Gasteiger partial charge in [0.1, 0.15) is 0 Å². The van der Waals surface area contributed by atoms with Gasteiger partial charge in [-0.3, -0.25) is 0 Å². The van der Waals surface area contributed by atoms with Crippen molar-refractivity contribution in [1.29, 1.82) is 0 Å². The molecule has 0 aliphatic heterocycles. The van der Waals surface area contributed by atoms with Crippen molar-refractivity contribution in [3.63, 3.8) is 0 Å². The lowest BCUT2D eigenvalue weighted by atomic mass is 9.86. The van der Waals surface area contributed by atoms with Crippen LogP contribution in [0.2, 0.25) is 0 Å². The van der Waals surface area contributed by atoms with E-state index in [1.807, 2.05) is 121 Å². The van der Waals surface area contributed by atoms with Gasteiger partial charge in [-0.2, -0.15) is 0 Å². The minimum Gasteiger partial charge on any atom is -0.0622 e. The van der Waals surface area contributed by atoms with E-state index in [0.717, 1.165) is 76.8 Å². The Hall–Kier alpha value is -6.96. The van der Waals surface area contributed by atoms with Crippen LogP contribution in [0.15, 0.2) is 158 Å². The number of rotatable bonds is 0. The molecular weight excluding hydrogens is 577 g/mol. The molecular formula is C48H26. The van der Waals surface area contributed by atoms with Gasteiger partial charge in [0.15, 0.2) is 0 Å². The molecule has 0 aromatic heterocycles. The second-order valence-electron chi connectivity index (χ2n) is 11.5. The molecule has 0 N–H and O–H groups in total. The normalized spacial score (nSPS) is 10.2. The second-order valence-corrected chi connectivity index (χ2v) is 11.5. The molecule has 218 valence electrons. The summed E-state index contributed by atoms with van der Waals surface area (Å²) in [5, 5.41) is 6.62. The van der Waals surface area contributed by atoms with Gasteiger partial charge in [-0.05, 0) is 93.0 Å². The van der Waals surface area contributed by atoms with E-state index in [0.29, 0.717) is 0 Å². The van der Waals surface area contributed by atoms with Crippen LogP contribution >= 0.6 is 0 Å². The van der Waals surface area contributed by atoms with Gasteiger partial charge in [0.2, 0.25) is 0 Å². The van der Waals surface area contributed by atoms with E-state index in [4.69, 9.17) is 0 Å². The molecule has 0 aliphatic carbocycles. The summed E-state index contributed by atoms with van der Waals surface area (Å²) in [7, 11) is 0. The van der Waals surface area contributed by atoms with Crippen LogP contribution in [0.5, 0.6) is 0 Å². The number of benzene rings is 8. The Kier molecular flexibility index (Phi) is 7.60. The first-order valence-corrected chi connectivity index (χ1v) is 15.9. The second kappa shape index (κ2) is 12.8. The Morgan fingerprint density at radius 3 is 0.688 bits per heavy atom. The molecule has 0 saturated heterocycles. The molecule has 0 saturated carbocycles. The molecule has 0 atom stereocenters. The summed E-state index contributed by atoms with van der Waals surface area (Å²) in [4.78, 5) is 0. The zero-order valence-corrected chi connectivity index (χ0v) is 26.0. The summed E-state index contributed by atoms with van der Waals surface area (Å²) >= 11 is 0. The predicted octanol–water partition coefficient (Wildman–Crippen LogP) is 10.2. The molecule has 0 amide bonds. The standard InChI is InChI=1S/C48H26/c1-5-13-35(14-6-1)21-25-39-33-40(26-22-36-15-7-2-8-16-36)44-31-32-46-42(28-24-38-19-11-4-12-20-38)34-41(27-23-37-17-9-3-10-18-37)45-30-29-43(39)47(44)48(45)46/h1-20,29-34H. The highest BCUT2D eigenvalue weighted by Crippen LogP contribution is 2.40.